The summed E-state index contributed by atoms with van der Waals surface area (Å²) >= 11 is 1.33. The fourth-order valence-electron chi connectivity index (χ4n) is 3.54. The minimum atomic E-state index is -0.307. The second-order valence-electron chi connectivity index (χ2n) is 7.07. The molecule has 8 heteroatoms. The van der Waals surface area contributed by atoms with E-state index in [0.29, 0.717) is 35.9 Å². The topological polar surface area (TPSA) is 78.5 Å². The number of hydrogen-bond donors (Lipinski definition) is 0. The van der Waals surface area contributed by atoms with Gasteiger partial charge < -0.3 is 4.74 Å². The third-order valence-electron chi connectivity index (χ3n) is 5.07. The van der Waals surface area contributed by atoms with Gasteiger partial charge in [-0.3, -0.25) is 18.6 Å². The van der Waals surface area contributed by atoms with Gasteiger partial charge in [-0.25, -0.2) is 0 Å². The van der Waals surface area contributed by atoms with Gasteiger partial charge in [-0.15, -0.1) is 10.2 Å². The normalized spacial score (nSPS) is 16.6. The lowest BCUT2D eigenvalue weighted by molar-refractivity contribution is -0.137. The third kappa shape index (κ3) is 3.09. The summed E-state index contributed by atoms with van der Waals surface area (Å²) in [5, 5.41) is 9.48. The van der Waals surface area contributed by atoms with Crippen LogP contribution in [0.25, 0.3) is 16.7 Å². The molecule has 7 nitrogen and oxygen atoms in total. The minimum Gasteiger partial charge on any atom is -0.465 e. The highest BCUT2D eigenvalue weighted by Gasteiger charge is 2.30. The number of esters is 1. The van der Waals surface area contributed by atoms with Crippen molar-refractivity contribution in [2.75, 3.05) is 6.61 Å². The van der Waals surface area contributed by atoms with Gasteiger partial charge in [0.2, 0.25) is 5.78 Å². The quantitative estimate of drug-likeness (QED) is 0.485. The van der Waals surface area contributed by atoms with Crippen LogP contribution in [0.1, 0.15) is 17.5 Å². The summed E-state index contributed by atoms with van der Waals surface area (Å²) in [6.45, 7) is 2.84. The molecule has 1 saturated heterocycles. The van der Waals surface area contributed by atoms with E-state index in [9.17, 15) is 9.59 Å². The van der Waals surface area contributed by atoms with Crippen molar-refractivity contribution < 1.29 is 9.53 Å². The Morgan fingerprint density at radius 1 is 1.10 bits per heavy atom. The second-order valence-corrected chi connectivity index (χ2v) is 8.24. The SMILES string of the molecule is Cc1ccc(Cn2c(=O)c3ccccc3n3c(SC4CCOC4=O)nnc23)cc1. The number of aryl methyl sites for hydroxylation is 1. The van der Waals surface area contributed by atoms with Crippen molar-refractivity contribution in [1.82, 2.24) is 19.2 Å². The van der Waals surface area contributed by atoms with Crippen LogP contribution in [0, 0.1) is 6.92 Å². The van der Waals surface area contributed by atoms with E-state index in [2.05, 4.69) is 10.2 Å². The molecule has 5 rings (SSSR count). The number of rotatable bonds is 4. The number of benzene rings is 2. The number of para-hydroxylation sites is 1. The lowest BCUT2D eigenvalue weighted by Gasteiger charge is -2.12. The molecule has 0 radical (unpaired) electrons. The molecule has 146 valence electrons. The maximum absolute atomic E-state index is 13.2. The Balaban J connectivity index is 1.70. The van der Waals surface area contributed by atoms with Crippen LogP contribution < -0.4 is 5.56 Å². The molecule has 0 bridgehead atoms. The molecule has 1 unspecified atom stereocenters. The minimum absolute atomic E-state index is 0.113. The molecular weight excluding hydrogens is 388 g/mol. The lowest BCUT2D eigenvalue weighted by atomic mass is 10.1. The van der Waals surface area contributed by atoms with Crippen molar-refractivity contribution in [3.05, 3.63) is 70.0 Å². The zero-order chi connectivity index (χ0) is 20.0. The molecule has 4 aromatic rings. The Kier molecular flexibility index (Phi) is 4.35. The fourth-order valence-corrected chi connectivity index (χ4v) is 4.55. The first-order valence-corrected chi connectivity index (χ1v) is 10.3. The van der Waals surface area contributed by atoms with E-state index >= 15 is 0 Å². The molecule has 29 heavy (non-hydrogen) atoms. The van der Waals surface area contributed by atoms with Crippen molar-refractivity contribution in [2.24, 2.45) is 0 Å². The van der Waals surface area contributed by atoms with Gasteiger partial charge in [-0.2, -0.15) is 0 Å². The van der Waals surface area contributed by atoms with Crippen LogP contribution in [0.2, 0.25) is 0 Å². The van der Waals surface area contributed by atoms with Crippen LogP contribution in [0.15, 0.2) is 58.5 Å². The summed E-state index contributed by atoms with van der Waals surface area (Å²) in [6, 6.07) is 15.5. The maximum Gasteiger partial charge on any atom is 0.319 e. The summed E-state index contributed by atoms with van der Waals surface area (Å²) in [6.07, 6.45) is 0.638. The summed E-state index contributed by atoms with van der Waals surface area (Å²) in [5.41, 5.74) is 2.78. The lowest BCUT2D eigenvalue weighted by Crippen LogP contribution is -2.24. The van der Waals surface area contributed by atoms with Gasteiger partial charge in [0.05, 0.1) is 24.1 Å². The van der Waals surface area contributed by atoms with Gasteiger partial charge in [-0.05, 0) is 24.6 Å². The molecule has 1 fully saturated rings. The molecule has 3 heterocycles. The molecule has 0 N–H and O–H groups in total. The number of fused-ring (bicyclic) bond motifs is 3. The van der Waals surface area contributed by atoms with Crippen LogP contribution in [0.5, 0.6) is 0 Å². The highest BCUT2D eigenvalue weighted by molar-refractivity contribution is 8.00. The number of thioether (sulfide) groups is 1. The molecule has 2 aromatic carbocycles. The number of aromatic nitrogens is 4. The first-order chi connectivity index (χ1) is 14.1. The first-order valence-electron chi connectivity index (χ1n) is 9.37. The Hall–Kier alpha value is -3.13. The van der Waals surface area contributed by atoms with Gasteiger partial charge in [0.25, 0.3) is 5.56 Å². The zero-order valence-corrected chi connectivity index (χ0v) is 16.6. The Morgan fingerprint density at radius 2 is 1.90 bits per heavy atom. The van der Waals surface area contributed by atoms with E-state index in [1.54, 1.807) is 10.6 Å². The maximum atomic E-state index is 13.2. The fraction of sp³-hybridized carbons (Fsp3) is 0.238. The van der Waals surface area contributed by atoms with Crippen molar-refractivity contribution >= 4 is 34.4 Å². The monoisotopic (exact) mass is 406 g/mol. The highest BCUT2D eigenvalue weighted by atomic mass is 32.2. The van der Waals surface area contributed by atoms with E-state index in [-0.39, 0.29) is 16.8 Å². The predicted octanol–water partition coefficient (Wildman–Crippen LogP) is 2.81. The highest BCUT2D eigenvalue weighted by Crippen LogP contribution is 2.30. The van der Waals surface area contributed by atoms with E-state index in [1.807, 2.05) is 53.8 Å². The predicted molar refractivity (Wildman–Crippen MR) is 110 cm³/mol. The molecule has 0 amide bonds. The Bertz CT molecular complexity index is 1290. The first kappa shape index (κ1) is 17.9. The molecule has 0 spiro atoms. The van der Waals surface area contributed by atoms with Gasteiger partial charge in [0, 0.05) is 6.42 Å². The van der Waals surface area contributed by atoms with Gasteiger partial charge in [0.15, 0.2) is 5.16 Å². The summed E-state index contributed by atoms with van der Waals surface area (Å²) in [7, 11) is 0. The standard InChI is InChI=1S/C21H18N4O3S/c1-13-6-8-14(9-7-13)12-24-18(26)15-4-2-3-5-16(15)25-20(24)22-23-21(25)29-17-10-11-28-19(17)27/h2-9,17H,10-12H2,1H3. The molecule has 2 aromatic heterocycles. The van der Waals surface area contributed by atoms with Gasteiger partial charge >= 0.3 is 5.97 Å². The van der Waals surface area contributed by atoms with Crippen LogP contribution >= 0.6 is 11.8 Å². The number of cyclic esters (lactones) is 1. The second kappa shape index (κ2) is 7.04. The number of hydrogen-bond acceptors (Lipinski definition) is 6. The Labute approximate surface area is 170 Å². The smallest absolute Gasteiger partial charge is 0.319 e. The molecule has 0 saturated carbocycles. The number of ether oxygens (including phenoxy) is 1. The third-order valence-corrected chi connectivity index (χ3v) is 6.26. The van der Waals surface area contributed by atoms with E-state index in [4.69, 9.17) is 4.74 Å². The number of carbonyl (C=O) groups is 1. The number of nitrogens with zero attached hydrogens (tertiary/aromatic N) is 4. The van der Waals surface area contributed by atoms with Gasteiger partial charge in [-0.1, -0.05) is 53.7 Å². The van der Waals surface area contributed by atoms with Crippen LogP contribution in [-0.2, 0) is 16.1 Å². The summed E-state index contributed by atoms with van der Waals surface area (Å²) < 4.78 is 8.57. The van der Waals surface area contributed by atoms with Gasteiger partial charge in [0.1, 0.15) is 5.25 Å². The molecule has 1 aliphatic heterocycles. The Morgan fingerprint density at radius 3 is 2.66 bits per heavy atom. The molecular formula is C21H18N4O3S. The van der Waals surface area contributed by atoms with Crippen LogP contribution in [0.4, 0.5) is 0 Å². The average molecular weight is 406 g/mol. The summed E-state index contributed by atoms with van der Waals surface area (Å²) in [5.74, 6) is 0.229. The van der Waals surface area contributed by atoms with E-state index in [1.165, 1.54) is 11.8 Å². The zero-order valence-electron chi connectivity index (χ0n) is 15.7. The van der Waals surface area contributed by atoms with Crippen LogP contribution in [-0.4, -0.2) is 37.0 Å². The molecule has 1 aliphatic rings. The van der Waals surface area contributed by atoms with Crippen molar-refractivity contribution in [2.45, 2.75) is 30.3 Å². The molecule has 0 aliphatic carbocycles. The number of carbonyl (C=O) groups excluding carboxylic acids is 1. The molecule has 1 atom stereocenters. The van der Waals surface area contributed by atoms with Crippen molar-refractivity contribution in [1.29, 1.82) is 0 Å². The summed E-state index contributed by atoms with van der Waals surface area (Å²) in [4.78, 5) is 25.2. The average Bonchev–Trinajstić information content (AvgIpc) is 3.33. The largest absolute Gasteiger partial charge is 0.465 e. The van der Waals surface area contributed by atoms with Crippen LogP contribution in [0.3, 0.4) is 0 Å². The van der Waals surface area contributed by atoms with Crippen molar-refractivity contribution in [3.8, 4) is 0 Å². The van der Waals surface area contributed by atoms with E-state index < -0.39 is 0 Å². The van der Waals surface area contributed by atoms with Crippen molar-refractivity contribution in [3.63, 3.8) is 0 Å². The van der Waals surface area contributed by atoms with E-state index in [0.717, 1.165) is 16.6 Å².